The minimum absolute atomic E-state index is 0.147. The fourth-order valence-corrected chi connectivity index (χ4v) is 2.10. The molecule has 0 fully saturated rings. The summed E-state index contributed by atoms with van der Waals surface area (Å²) in [5.41, 5.74) is 2.54. The van der Waals surface area contributed by atoms with E-state index in [9.17, 15) is 4.79 Å². The van der Waals surface area contributed by atoms with Crippen molar-refractivity contribution in [1.29, 1.82) is 0 Å². The van der Waals surface area contributed by atoms with Crippen LogP contribution >= 0.6 is 15.9 Å². The average molecular weight is 322 g/mol. The van der Waals surface area contributed by atoms with Crippen LogP contribution in [-0.2, 0) is 6.54 Å². The van der Waals surface area contributed by atoms with Crippen LogP contribution in [0.25, 0.3) is 0 Å². The minimum Gasteiger partial charge on any atom is -0.356 e. The number of rotatable bonds is 4. The molecule has 1 amide bonds. The SMILES string of the molecule is CN(C)Cc1ccc(NC(=O)c2cc(Br)c[nH]2)cc1. The molecule has 100 valence electrons. The second-order valence-corrected chi connectivity index (χ2v) is 5.54. The Bertz CT molecular complexity index is 560. The summed E-state index contributed by atoms with van der Waals surface area (Å²) in [5, 5.41) is 2.85. The molecule has 4 nitrogen and oxygen atoms in total. The minimum atomic E-state index is -0.147. The lowest BCUT2D eigenvalue weighted by Crippen LogP contribution is -2.13. The van der Waals surface area contributed by atoms with Crippen LogP contribution in [-0.4, -0.2) is 29.9 Å². The molecule has 0 saturated heterocycles. The Labute approximate surface area is 120 Å². The second-order valence-electron chi connectivity index (χ2n) is 4.62. The standard InChI is InChI=1S/C14H16BrN3O/c1-18(2)9-10-3-5-12(6-4-10)17-14(19)13-7-11(15)8-16-13/h3-8,16H,9H2,1-2H3,(H,17,19). The van der Waals surface area contributed by atoms with Gasteiger partial charge in [0.2, 0.25) is 0 Å². The van der Waals surface area contributed by atoms with Crippen LogP contribution in [0.15, 0.2) is 41.0 Å². The molecule has 1 aromatic carbocycles. The van der Waals surface area contributed by atoms with Gasteiger partial charge in [-0.3, -0.25) is 4.79 Å². The van der Waals surface area contributed by atoms with Gasteiger partial charge in [-0.1, -0.05) is 12.1 Å². The van der Waals surface area contributed by atoms with Gasteiger partial charge in [0.05, 0.1) is 0 Å². The molecule has 0 saturated carbocycles. The van der Waals surface area contributed by atoms with Gasteiger partial charge in [0.1, 0.15) is 5.69 Å². The van der Waals surface area contributed by atoms with Crippen molar-refractivity contribution in [3.05, 3.63) is 52.3 Å². The van der Waals surface area contributed by atoms with E-state index in [0.29, 0.717) is 5.69 Å². The fraction of sp³-hybridized carbons (Fsp3) is 0.214. The van der Waals surface area contributed by atoms with Gasteiger partial charge >= 0.3 is 0 Å². The number of hydrogen-bond acceptors (Lipinski definition) is 2. The number of hydrogen-bond donors (Lipinski definition) is 2. The molecule has 19 heavy (non-hydrogen) atoms. The van der Waals surface area contributed by atoms with E-state index in [4.69, 9.17) is 0 Å². The summed E-state index contributed by atoms with van der Waals surface area (Å²) in [6.45, 7) is 0.887. The Hall–Kier alpha value is -1.59. The number of nitrogens with zero attached hydrogens (tertiary/aromatic N) is 1. The van der Waals surface area contributed by atoms with Gasteiger partial charge in [-0.25, -0.2) is 0 Å². The van der Waals surface area contributed by atoms with E-state index in [1.165, 1.54) is 5.56 Å². The van der Waals surface area contributed by atoms with E-state index in [0.717, 1.165) is 16.7 Å². The van der Waals surface area contributed by atoms with Crippen LogP contribution in [0.5, 0.6) is 0 Å². The molecule has 2 rings (SSSR count). The molecule has 0 aliphatic carbocycles. The summed E-state index contributed by atoms with van der Waals surface area (Å²) in [5.74, 6) is -0.147. The van der Waals surface area contributed by atoms with Crippen molar-refractivity contribution in [2.75, 3.05) is 19.4 Å². The summed E-state index contributed by atoms with van der Waals surface area (Å²) in [6, 6.07) is 9.60. The third-order valence-corrected chi connectivity index (χ3v) is 3.06. The number of aromatic nitrogens is 1. The molecule has 0 spiro atoms. The first kappa shape index (κ1) is 13.8. The van der Waals surface area contributed by atoms with E-state index in [1.807, 2.05) is 38.4 Å². The van der Waals surface area contributed by atoms with Crippen molar-refractivity contribution in [1.82, 2.24) is 9.88 Å². The lowest BCUT2D eigenvalue weighted by Gasteiger charge is -2.10. The Morgan fingerprint density at radius 2 is 2.00 bits per heavy atom. The number of carbonyl (C=O) groups excluding carboxylic acids is 1. The van der Waals surface area contributed by atoms with E-state index in [2.05, 4.69) is 31.1 Å². The second kappa shape index (κ2) is 6.04. The number of carbonyl (C=O) groups is 1. The predicted octanol–water partition coefficient (Wildman–Crippen LogP) is 3.09. The van der Waals surface area contributed by atoms with Gasteiger partial charge in [0.25, 0.3) is 5.91 Å². The van der Waals surface area contributed by atoms with Gasteiger partial charge in [0, 0.05) is 22.9 Å². The summed E-state index contributed by atoms with van der Waals surface area (Å²) in [4.78, 5) is 16.9. The lowest BCUT2D eigenvalue weighted by molar-refractivity contribution is 0.102. The van der Waals surface area contributed by atoms with Crippen molar-refractivity contribution in [2.45, 2.75) is 6.54 Å². The molecule has 1 aromatic heterocycles. The number of anilines is 1. The lowest BCUT2D eigenvalue weighted by atomic mass is 10.2. The predicted molar refractivity (Wildman–Crippen MR) is 80.3 cm³/mol. The Balaban J connectivity index is 2.01. The van der Waals surface area contributed by atoms with Crippen molar-refractivity contribution in [3.8, 4) is 0 Å². The maximum absolute atomic E-state index is 11.9. The number of aromatic amines is 1. The maximum Gasteiger partial charge on any atom is 0.272 e. The highest BCUT2D eigenvalue weighted by molar-refractivity contribution is 9.10. The van der Waals surface area contributed by atoms with Crippen LogP contribution in [0, 0.1) is 0 Å². The monoisotopic (exact) mass is 321 g/mol. The Morgan fingerprint density at radius 3 is 2.53 bits per heavy atom. The smallest absolute Gasteiger partial charge is 0.272 e. The summed E-state index contributed by atoms with van der Waals surface area (Å²) in [7, 11) is 4.05. The molecule has 0 radical (unpaired) electrons. The average Bonchev–Trinajstić information content (AvgIpc) is 2.78. The highest BCUT2D eigenvalue weighted by Crippen LogP contribution is 2.14. The summed E-state index contributed by atoms with van der Waals surface area (Å²) in [6.07, 6.45) is 1.73. The van der Waals surface area contributed by atoms with Crippen molar-refractivity contribution < 1.29 is 4.79 Å². The molecule has 2 aromatic rings. The molecule has 0 atom stereocenters. The zero-order valence-electron chi connectivity index (χ0n) is 10.9. The highest BCUT2D eigenvalue weighted by atomic mass is 79.9. The maximum atomic E-state index is 11.9. The van der Waals surface area contributed by atoms with E-state index in [1.54, 1.807) is 12.3 Å². The highest BCUT2D eigenvalue weighted by Gasteiger charge is 2.08. The van der Waals surface area contributed by atoms with E-state index >= 15 is 0 Å². The molecular formula is C14H16BrN3O. The van der Waals surface area contributed by atoms with Gasteiger partial charge in [-0.05, 0) is 53.8 Å². The zero-order valence-corrected chi connectivity index (χ0v) is 12.5. The molecule has 0 unspecified atom stereocenters. The van der Waals surface area contributed by atoms with Crippen LogP contribution < -0.4 is 5.32 Å². The van der Waals surface area contributed by atoms with Gasteiger partial charge in [-0.15, -0.1) is 0 Å². The normalized spacial score (nSPS) is 10.7. The van der Waals surface area contributed by atoms with E-state index < -0.39 is 0 Å². The largest absolute Gasteiger partial charge is 0.356 e. The Kier molecular flexibility index (Phi) is 4.39. The quantitative estimate of drug-likeness (QED) is 0.909. The molecule has 0 aliphatic heterocycles. The molecule has 0 aliphatic rings. The number of halogens is 1. The van der Waals surface area contributed by atoms with Crippen molar-refractivity contribution in [3.63, 3.8) is 0 Å². The van der Waals surface area contributed by atoms with Gasteiger partial charge < -0.3 is 15.2 Å². The van der Waals surface area contributed by atoms with Crippen molar-refractivity contribution >= 4 is 27.5 Å². The molecule has 5 heteroatoms. The molecule has 1 heterocycles. The zero-order chi connectivity index (χ0) is 13.8. The van der Waals surface area contributed by atoms with Crippen LogP contribution in [0.2, 0.25) is 0 Å². The first-order valence-electron chi connectivity index (χ1n) is 5.93. The van der Waals surface area contributed by atoms with Crippen LogP contribution in [0.4, 0.5) is 5.69 Å². The Morgan fingerprint density at radius 1 is 1.32 bits per heavy atom. The van der Waals surface area contributed by atoms with Crippen LogP contribution in [0.1, 0.15) is 16.1 Å². The fourth-order valence-electron chi connectivity index (χ4n) is 1.76. The summed E-state index contributed by atoms with van der Waals surface area (Å²) < 4.78 is 0.860. The van der Waals surface area contributed by atoms with E-state index in [-0.39, 0.29) is 5.91 Å². The molecule has 0 bridgehead atoms. The number of amides is 1. The first-order chi connectivity index (χ1) is 9.04. The number of H-pyrrole nitrogens is 1. The third kappa shape index (κ3) is 3.94. The molecule has 2 N–H and O–H groups in total. The molecular weight excluding hydrogens is 306 g/mol. The third-order valence-electron chi connectivity index (χ3n) is 2.60. The topological polar surface area (TPSA) is 48.1 Å². The number of nitrogens with one attached hydrogen (secondary N) is 2. The van der Waals surface area contributed by atoms with Crippen LogP contribution in [0.3, 0.4) is 0 Å². The van der Waals surface area contributed by atoms with Crippen molar-refractivity contribution in [2.24, 2.45) is 0 Å². The number of benzene rings is 1. The summed E-state index contributed by atoms with van der Waals surface area (Å²) >= 11 is 3.30. The first-order valence-corrected chi connectivity index (χ1v) is 6.73. The van der Waals surface area contributed by atoms with Gasteiger partial charge in [-0.2, -0.15) is 0 Å². The van der Waals surface area contributed by atoms with Gasteiger partial charge in [0.15, 0.2) is 0 Å².